The van der Waals surface area contributed by atoms with E-state index in [9.17, 15) is 15.2 Å². The van der Waals surface area contributed by atoms with Crippen molar-refractivity contribution >= 4 is 22.7 Å². The maximum Gasteiger partial charge on any atom is 0.296 e. The first-order valence-corrected chi connectivity index (χ1v) is 6.68. The average molecular weight is 300 g/mol. The summed E-state index contributed by atoms with van der Waals surface area (Å²) >= 11 is 0. The van der Waals surface area contributed by atoms with Gasteiger partial charge in [0.05, 0.1) is 10.6 Å². The summed E-state index contributed by atoms with van der Waals surface area (Å²) < 4.78 is 0. The Labute approximate surface area is 127 Å². The van der Waals surface area contributed by atoms with Crippen LogP contribution in [0.5, 0.6) is 0 Å². The summed E-state index contributed by atoms with van der Waals surface area (Å²) in [6.45, 7) is 3.50. The van der Waals surface area contributed by atoms with E-state index in [1.165, 1.54) is 12.1 Å². The second-order valence-corrected chi connectivity index (χ2v) is 4.77. The quantitative estimate of drug-likeness (QED) is 0.376. The normalized spacial score (nSPS) is 12.3. The number of nitrogens with zero attached hydrogens (tertiary/aromatic N) is 3. The molecule has 22 heavy (non-hydrogen) atoms. The Kier molecular flexibility index (Phi) is 4.80. The number of aliphatic hydroxyl groups excluding tert-OH is 1. The molecule has 0 spiro atoms. The van der Waals surface area contributed by atoms with Gasteiger partial charge < -0.3 is 10.4 Å². The van der Waals surface area contributed by atoms with Gasteiger partial charge in [0.1, 0.15) is 6.23 Å². The SMILES string of the molecule is Cc1cc(N=Nc2ccccc2[N+](=O)[O-])ccc1NC(C)O. The molecule has 1 atom stereocenters. The molecule has 2 aromatic rings. The van der Waals surface area contributed by atoms with Gasteiger partial charge in [0.2, 0.25) is 0 Å². The van der Waals surface area contributed by atoms with E-state index in [-0.39, 0.29) is 11.4 Å². The smallest absolute Gasteiger partial charge is 0.296 e. The van der Waals surface area contributed by atoms with Crippen molar-refractivity contribution in [3.8, 4) is 0 Å². The number of para-hydroxylation sites is 1. The summed E-state index contributed by atoms with van der Waals surface area (Å²) in [5.74, 6) is 0. The number of nitro groups is 1. The topological polar surface area (TPSA) is 100 Å². The Morgan fingerprint density at radius 2 is 1.95 bits per heavy atom. The van der Waals surface area contributed by atoms with Crippen molar-refractivity contribution in [1.29, 1.82) is 0 Å². The molecule has 0 aromatic heterocycles. The molecule has 0 fully saturated rings. The summed E-state index contributed by atoms with van der Waals surface area (Å²) in [6.07, 6.45) is -0.654. The molecule has 0 aliphatic carbocycles. The van der Waals surface area contributed by atoms with E-state index >= 15 is 0 Å². The van der Waals surface area contributed by atoms with Crippen LogP contribution < -0.4 is 5.32 Å². The van der Waals surface area contributed by atoms with Gasteiger partial charge in [-0.05, 0) is 43.7 Å². The number of benzene rings is 2. The molecular formula is C15H16N4O3. The van der Waals surface area contributed by atoms with E-state index in [1.54, 1.807) is 37.3 Å². The highest BCUT2D eigenvalue weighted by atomic mass is 16.6. The molecule has 7 nitrogen and oxygen atoms in total. The van der Waals surface area contributed by atoms with E-state index in [1.807, 2.05) is 6.92 Å². The minimum Gasteiger partial charge on any atom is -0.374 e. The van der Waals surface area contributed by atoms with Crippen LogP contribution in [0.1, 0.15) is 12.5 Å². The van der Waals surface area contributed by atoms with E-state index in [0.29, 0.717) is 5.69 Å². The highest BCUT2D eigenvalue weighted by Crippen LogP contribution is 2.29. The van der Waals surface area contributed by atoms with Crippen LogP contribution in [0.15, 0.2) is 52.7 Å². The van der Waals surface area contributed by atoms with Gasteiger partial charge in [-0.25, -0.2) is 0 Å². The van der Waals surface area contributed by atoms with E-state index in [2.05, 4.69) is 15.5 Å². The average Bonchev–Trinajstić information content (AvgIpc) is 2.47. The molecule has 2 aromatic carbocycles. The summed E-state index contributed by atoms with van der Waals surface area (Å²) in [5.41, 5.74) is 2.37. The summed E-state index contributed by atoms with van der Waals surface area (Å²) in [6, 6.07) is 11.4. The number of anilines is 1. The molecule has 0 aliphatic heterocycles. The number of hydrogen-bond acceptors (Lipinski definition) is 6. The number of nitrogens with one attached hydrogen (secondary N) is 1. The predicted molar refractivity (Wildman–Crippen MR) is 83.8 cm³/mol. The summed E-state index contributed by atoms with van der Waals surface area (Å²) in [5, 5.41) is 31.1. The number of aliphatic hydroxyl groups is 1. The van der Waals surface area contributed by atoms with Crippen LogP contribution in [0.2, 0.25) is 0 Å². The molecule has 7 heteroatoms. The van der Waals surface area contributed by atoms with Crippen LogP contribution in [0.4, 0.5) is 22.7 Å². The molecule has 0 amide bonds. The van der Waals surface area contributed by atoms with Gasteiger partial charge in [-0.3, -0.25) is 10.1 Å². The predicted octanol–water partition coefficient (Wildman–Crippen LogP) is 4.07. The van der Waals surface area contributed by atoms with Crippen LogP contribution in [-0.4, -0.2) is 16.3 Å². The first-order chi connectivity index (χ1) is 10.5. The number of nitro benzene ring substituents is 1. The second kappa shape index (κ2) is 6.77. The Balaban J connectivity index is 2.24. The third-order valence-electron chi connectivity index (χ3n) is 2.93. The minimum absolute atomic E-state index is 0.0876. The standard InChI is InChI=1S/C15H16N4O3/c1-10-9-12(7-8-13(10)16-11(2)20)17-18-14-5-3-4-6-15(14)19(21)22/h3-9,11,16,20H,1-2H3. The van der Waals surface area contributed by atoms with Crippen LogP contribution >= 0.6 is 0 Å². The van der Waals surface area contributed by atoms with Gasteiger partial charge in [-0.1, -0.05) is 12.1 Å². The molecule has 0 saturated carbocycles. The highest BCUT2D eigenvalue weighted by Gasteiger charge is 2.11. The van der Waals surface area contributed by atoms with E-state index in [0.717, 1.165) is 11.3 Å². The Bertz CT molecular complexity index is 714. The van der Waals surface area contributed by atoms with Gasteiger partial charge in [0.25, 0.3) is 5.69 Å². The third kappa shape index (κ3) is 3.86. The molecule has 0 heterocycles. The van der Waals surface area contributed by atoms with E-state index < -0.39 is 11.2 Å². The first kappa shape index (κ1) is 15.6. The van der Waals surface area contributed by atoms with Crippen LogP contribution in [0.3, 0.4) is 0 Å². The lowest BCUT2D eigenvalue weighted by atomic mass is 10.2. The fraction of sp³-hybridized carbons (Fsp3) is 0.200. The van der Waals surface area contributed by atoms with Crippen molar-refractivity contribution in [2.24, 2.45) is 10.2 Å². The molecule has 2 N–H and O–H groups in total. The summed E-state index contributed by atoms with van der Waals surface area (Å²) in [4.78, 5) is 10.4. The number of azo groups is 1. The second-order valence-electron chi connectivity index (χ2n) is 4.77. The van der Waals surface area contributed by atoms with Crippen LogP contribution in [-0.2, 0) is 0 Å². The maximum atomic E-state index is 10.9. The minimum atomic E-state index is -0.654. The Morgan fingerprint density at radius 3 is 2.59 bits per heavy atom. The molecule has 1 unspecified atom stereocenters. The molecule has 0 bridgehead atoms. The lowest BCUT2D eigenvalue weighted by molar-refractivity contribution is -0.384. The fourth-order valence-electron chi connectivity index (χ4n) is 1.91. The Hall–Kier alpha value is -2.80. The molecule has 0 saturated heterocycles. The fourth-order valence-corrected chi connectivity index (χ4v) is 1.91. The third-order valence-corrected chi connectivity index (χ3v) is 2.93. The largest absolute Gasteiger partial charge is 0.374 e. The Morgan fingerprint density at radius 1 is 1.23 bits per heavy atom. The van der Waals surface area contributed by atoms with Gasteiger partial charge in [-0.15, -0.1) is 5.11 Å². The van der Waals surface area contributed by atoms with Crippen LogP contribution in [0.25, 0.3) is 0 Å². The maximum absolute atomic E-state index is 10.9. The van der Waals surface area contributed by atoms with Gasteiger partial charge in [0.15, 0.2) is 5.69 Å². The van der Waals surface area contributed by atoms with Crippen molar-refractivity contribution < 1.29 is 10.0 Å². The van der Waals surface area contributed by atoms with Crippen molar-refractivity contribution in [2.75, 3.05) is 5.32 Å². The van der Waals surface area contributed by atoms with E-state index in [4.69, 9.17) is 0 Å². The monoisotopic (exact) mass is 300 g/mol. The molecule has 0 aliphatic rings. The first-order valence-electron chi connectivity index (χ1n) is 6.68. The molecule has 114 valence electrons. The van der Waals surface area contributed by atoms with Crippen molar-refractivity contribution in [2.45, 2.75) is 20.1 Å². The molecular weight excluding hydrogens is 284 g/mol. The van der Waals surface area contributed by atoms with Crippen molar-refractivity contribution in [3.05, 3.63) is 58.1 Å². The van der Waals surface area contributed by atoms with Crippen molar-refractivity contribution in [3.63, 3.8) is 0 Å². The number of rotatable bonds is 5. The zero-order valence-electron chi connectivity index (χ0n) is 12.2. The van der Waals surface area contributed by atoms with Crippen LogP contribution in [0, 0.1) is 17.0 Å². The lowest BCUT2D eigenvalue weighted by Crippen LogP contribution is -2.13. The van der Waals surface area contributed by atoms with Gasteiger partial charge in [-0.2, -0.15) is 5.11 Å². The van der Waals surface area contributed by atoms with Crippen molar-refractivity contribution in [1.82, 2.24) is 0 Å². The molecule has 0 radical (unpaired) electrons. The van der Waals surface area contributed by atoms with Gasteiger partial charge >= 0.3 is 0 Å². The van der Waals surface area contributed by atoms with Gasteiger partial charge in [0, 0.05) is 11.8 Å². The number of aryl methyl sites for hydroxylation is 1. The summed E-state index contributed by atoms with van der Waals surface area (Å²) in [7, 11) is 0. The molecule has 2 rings (SSSR count). The zero-order chi connectivity index (χ0) is 16.1. The zero-order valence-corrected chi connectivity index (χ0v) is 12.2. The highest BCUT2D eigenvalue weighted by molar-refractivity contribution is 5.59. The number of hydrogen-bond donors (Lipinski definition) is 2. The lowest BCUT2D eigenvalue weighted by Gasteiger charge is -2.11.